The van der Waals surface area contributed by atoms with Gasteiger partial charge in [0.25, 0.3) is 11.6 Å². The van der Waals surface area contributed by atoms with Gasteiger partial charge in [0.2, 0.25) is 0 Å². The van der Waals surface area contributed by atoms with Crippen molar-refractivity contribution >= 4 is 46.4 Å². The molecule has 0 aliphatic heterocycles. The molecule has 0 saturated carbocycles. The van der Waals surface area contributed by atoms with E-state index in [0.29, 0.717) is 15.6 Å². The summed E-state index contributed by atoms with van der Waals surface area (Å²) in [7, 11) is 0. The first-order valence-electron chi connectivity index (χ1n) is 6.04. The number of benzene rings is 2. The summed E-state index contributed by atoms with van der Waals surface area (Å²) in [6.45, 7) is 0.152. The summed E-state index contributed by atoms with van der Waals surface area (Å²) < 4.78 is 0. The van der Waals surface area contributed by atoms with Crippen LogP contribution in [0.3, 0.4) is 0 Å². The van der Waals surface area contributed by atoms with Crippen molar-refractivity contribution in [1.82, 2.24) is 5.32 Å². The van der Waals surface area contributed by atoms with Gasteiger partial charge < -0.3 is 5.32 Å². The fraction of sp³-hybridized carbons (Fsp3) is 0.0714. The van der Waals surface area contributed by atoms with E-state index in [4.69, 9.17) is 34.8 Å². The molecule has 0 aliphatic carbocycles. The second-order valence-corrected chi connectivity index (χ2v) is 5.60. The molecule has 2 aromatic rings. The van der Waals surface area contributed by atoms with E-state index in [1.807, 2.05) is 0 Å². The van der Waals surface area contributed by atoms with E-state index in [-0.39, 0.29) is 22.8 Å². The zero-order valence-corrected chi connectivity index (χ0v) is 13.2. The zero-order chi connectivity index (χ0) is 16.3. The highest BCUT2D eigenvalue weighted by molar-refractivity contribution is 6.42. The maximum atomic E-state index is 12.1. The number of carbonyl (C=O) groups is 1. The Morgan fingerprint density at radius 1 is 1.09 bits per heavy atom. The molecule has 114 valence electrons. The average Bonchev–Trinajstić information content (AvgIpc) is 2.47. The van der Waals surface area contributed by atoms with Crippen molar-refractivity contribution in [2.24, 2.45) is 0 Å². The van der Waals surface area contributed by atoms with Gasteiger partial charge in [0.1, 0.15) is 5.56 Å². The van der Waals surface area contributed by atoms with Crippen molar-refractivity contribution in [3.8, 4) is 0 Å². The number of carbonyl (C=O) groups excluding carboxylic acids is 1. The summed E-state index contributed by atoms with van der Waals surface area (Å²) in [5.41, 5.74) is 0.307. The minimum atomic E-state index is -0.635. The lowest BCUT2D eigenvalue weighted by Gasteiger charge is -2.07. The molecule has 8 heteroatoms. The number of amides is 1. The molecule has 0 aromatic heterocycles. The number of nitrogens with one attached hydrogen (secondary N) is 1. The highest BCUT2D eigenvalue weighted by atomic mass is 35.5. The van der Waals surface area contributed by atoms with Gasteiger partial charge in [-0.15, -0.1) is 0 Å². The van der Waals surface area contributed by atoms with E-state index in [1.165, 1.54) is 18.2 Å². The van der Waals surface area contributed by atoms with Gasteiger partial charge >= 0.3 is 0 Å². The van der Waals surface area contributed by atoms with Crippen LogP contribution in [0.25, 0.3) is 0 Å². The third-order valence-electron chi connectivity index (χ3n) is 2.84. The molecular weight excluding hydrogens is 351 g/mol. The minimum Gasteiger partial charge on any atom is -0.348 e. The molecule has 0 atom stereocenters. The first-order chi connectivity index (χ1) is 10.4. The van der Waals surface area contributed by atoms with Crippen molar-refractivity contribution in [2.45, 2.75) is 6.54 Å². The molecule has 2 rings (SSSR count). The van der Waals surface area contributed by atoms with Crippen LogP contribution in [0.5, 0.6) is 0 Å². The molecule has 0 fully saturated rings. The highest BCUT2D eigenvalue weighted by Gasteiger charge is 2.20. The van der Waals surface area contributed by atoms with Crippen LogP contribution in [-0.4, -0.2) is 10.8 Å². The average molecular weight is 360 g/mol. The second-order valence-electron chi connectivity index (χ2n) is 4.35. The monoisotopic (exact) mass is 358 g/mol. The van der Waals surface area contributed by atoms with E-state index >= 15 is 0 Å². The first-order valence-corrected chi connectivity index (χ1v) is 7.18. The molecule has 22 heavy (non-hydrogen) atoms. The Kier molecular flexibility index (Phi) is 5.24. The molecule has 0 radical (unpaired) electrons. The van der Waals surface area contributed by atoms with Crippen LogP contribution in [0.15, 0.2) is 36.4 Å². The Labute approximate surface area is 140 Å². The summed E-state index contributed by atoms with van der Waals surface area (Å²) >= 11 is 17.5. The van der Waals surface area contributed by atoms with Crippen LogP contribution in [0.1, 0.15) is 15.9 Å². The molecular formula is C14H9Cl3N2O3. The van der Waals surface area contributed by atoms with Crippen LogP contribution in [0, 0.1) is 10.1 Å². The van der Waals surface area contributed by atoms with Gasteiger partial charge in [-0.1, -0.05) is 40.9 Å². The van der Waals surface area contributed by atoms with Crippen LogP contribution in [-0.2, 0) is 6.54 Å². The molecule has 0 aliphatic rings. The summed E-state index contributed by atoms with van der Waals surface area (Å²) in [6.07, 6.45) is 0. The van der Waals surface area contributed by atoms with Gasteiger partial charge in [0, 0.05) is 17.6 Å². The van der Waals surface area contributed by atoms with Crippen LogP contribution in [0.2, 0.25) is 15.1 Å². The van der Waals surface area contributed by atoms with Gasteiger partial charge in [-0.05, 0) is 29.8 Å². The molecule has 0 saturated heterocycles. The molecule has 1 N–H and O–H groups in total. The van der Waals surface area contributed by atoms with Crippen LogP contribution < -0.4 is 5.32 Å². The molecule has 0 bridgehead atoms. The van der Waals surface area contributed by atoms with Gasteiger partial charge in [0.15, 0.2) is 0 Å². The van der Waals surface area contributed by atoms with Gasteiger partial charge in [-0.2, -0.15) is 0 Å². The van der Waals surface area contributed by atoms with E-state index in [0.717, 1.165) is 0 Å². The number of rotatable bonds is 4. The number of hydrogen-bond donors (Lipinski definition) is 1. The van der Waals surface area contributed by atoms with Crippen molar-refractivity contribution in [1.29, 1.82) is 0 Å². The van der Waals surface area contributed by atoms with Crippen LogP contribution >= 0.6 is 34.8 Å². The van der Waals surface area contributed by atoms with Crippen molar-refractivity contribution in [3.63, 3.8) is 0 Å². The number of nitro groups is 1. The number of nitrogens with zero attached hydrogens (tertiary/aromatic N) is 1. The van der Waals surface area contributed by atoms with E-state index in [9.17, 15) is 14.9 Å². The fourth-order valence-corrected chi connectivity index (χ4v) is 2.27. The summed E-state index contributed by atoms with van der Waals surface area (Å²) in [4.78, 5) is 22.4. The predicted molar refractivity (Wildman–Crippen MR) is 85.7 cm³/mol. The van der Waals surface area contributed by atoms with Gasteiger partial charge in [-0.3, -0.25) is 14.9 Å². The lowest BCUT2D eigenvalue weighted by Crippen LogP contribution is -2.23. The fourth-order valence-electron chi connectivity index (χ4n) is 1.78. The molecule has 1 amide bonds. The van der Waals surface area contributed by atoms with Crippen molar-refractivity contribution in [3.05, 3.63) is 72.7 Å². The smallest absolute Gasteiger partial charge is 0.282 e. The topological polar surface area (TPSA) is 72.2 Å². The lowest BCUT2D eigenvalue weighted by molar-refractivity contribution is -0.385. The standard InChI is InChI=1S/C14H9Cl3N2O3/c15-9-2-4-13(19(21)22)10(6-9)14(20)18-7-8-1-3-11(16)12(17)5-8/h1-6H,7H2,(H,18,20). The first kappa shape index (κ1) is 16.5. The predicted octanol–water partition coefficient (Wildman–Crippen LogP) is 4.49. The Hall–Kier alpha value is -1.82. The highest BCUT2D eigenvalue weighted by Crippen LogP contribution is 2.24. The lowest BCUT2D eigenvalue weighted by atomic mass is 10.1. The molecule has 5 nitrogen and oxygen atoms in total. The number of nitro benzene ring substituents is 1. The number of halogens is 3. The van der Waals surface area contributed by atoms with Gasteiger partial charge in [0.05, 0.1) is 15.0 Å². The molecule has 2 aromatic carbocycles. The molecule has 0 spiro atoms. The molecule has 0 heterocycles. The van der Waals surface area contributed by atoms with Gasteiger partial charge in [-0.25, -0.2) is 0 Å². The third-order valence-corrected chi connectivity index (χ3v) is 3.81. The number of hydrogen-bond acceptors (Lipinski definition) is 3. The third kappa shape index (κ3) is 3.88. The van der Waals surface area contributed by atoms with E-state index < -0.39 is 10.8 Å². The maximum Gasteiger partial charge on any atom is 0.282 e. The summed E-state index contributed by atoms with van der Waals surface area (Å²) in [6, 6.07) is 8.71. The largest absolute Gasteiger partial charge is 0.348 e. The Balaban J connectivity index is 2.17. The minimum absolute atomic E-state index is 0.0995. The van der Waals surface area contributed by atoms with E-state index in [1.54, 1.807) is 18.2 Å². The van der Waals surface area contributed by atoms with Crippen LogP contribution in [0.4, 0.5) is 5.69 Å². The second kappa shape index (κ2) is 6.96. The zero-order valence-electron chi connectivity index (χ0n) is 11.0. The summed E-state index contributed by atoms with van der Waals surface area (Å²) in [5.74, 6) is -0.597. The van der Waals surface area contributed by atoms with E-state index in [2.05, 4.69) is 5.32 Å². The van der Waals surface area contributed by atoms with Crippen molar-refractivity contribution < 1.29 is 9.72 Å². The van der Waals surface area contributed by atoms with Crippen molar-refractivity contribution in [2.75, 3.05) is 0 Å². The maximum absolute atomic E-state index is 12.1. The SMILES string of the molecule is O=C(NCc1ccc(Cl)c(Cl)c1)c1cc(Cl)ccc1[N+](=O)[O-]. The Bertz CT molecular complexity index is 750. The Morgan fingerprint density at radius 2 is 1.82 bits per heavy atom. The molecule has 0 unspecified atom stereocenters. The normalized spacial score (nSPS) is 10.3. The quantitative estimate of drug-likeness (QED) is 0.646. The Morgan fingerprint density at radius 3 is 2.45 bits per heavy atom. The summed E-state index contributed by atoms with van der Waals surface area (Å²) in [5, 5.41) is 14.5.